The van der Waals surface area contributed by atoms with Gasteiger partial charge in [0.2, 0.25) is 0 Å². The van der Waals surface area contributed by atoms with E-state index >= 15 is 0 Å². The summed E-state index contributed by atoms with van der Waals surface area (Å²) in [7, 11) is 0. The van der Waals surface area contributed by atoms with Gasteiger partial charge in [0.15, 0.2) is 13.2 Å². The van der Waals surface area contributed by atoms with Gasteiger partial charge in [0.25, 0.3) is 11.8 Å². The highest BCUT2D eigenvalue weighted by atomic mass is 16.5. The lowest BCUT2D eigenvalue weighted by atomic mass is 9.84. The highest BCUT2D eigenvalue weighted by Gasteiger charge is 2.31. The van der Waals surface area contributed by atoms with Crippen LogP contribution in [0.2, 0.25) is 0 Å². The Morgan fingerprint density at radius 1 is 0.821 bits per heavy atom. The molecule has 0 fully saturated rings. The van der Waals surface area contributed by atoms with Crippen LogP contribution in [0.5, 0.6) is 11.5 Å². The monoisotopic (exact) mass is 380 g/mol. The minimum Gasteiger partial charge on any atom is -0.482 e. The molecule has 2 aliphatic heterocycles. The maximum absolute atomic E-state index is 13.3. The Labute approximate surface area is 162 Å². The second-order valence-corrected chi connectivity index (χ2v) is 6.96. The molecule has 0 spiro atoms. The third kappa shape index (κ3) is 3.09. The van der Waals surface area contributed by atoms with Crippen LogP contribution in [0.1, 0.15) is 36.8 Å². The van der Waals surface area contributed by atoms with Gasteiger partial charge in [0.1, 0.15) is 17.3 Å². The number of rotatable bonds is 4. The maximum Gasteiger partial charge on any atom is 0.262 e. The summed E-state index contributed by atoms with van der Waals surface area (Å²) in [4.78, 5) is 36.8. The van der Waals surface area contributed by atoms with Gasteiger partial charge in [-0.05, 0) is 23.3 Å². The molecule has 0 saturated carbocycles. The molecule has 2 aliphatic rings. The number of ketones is 1. The summed E-state index contributed by atoms with van der Waals surface area (Å²) in [6.07, 6.45) is 0. The lowest BCUT2D eigenvalue weighted by Gasteiger charge is -2.26. The predicted octanol–water partition coefficient (Wildman–Crippen LogP) is 2.82. The lowest BCUT2D eigenvalue weighted by Crippen LogP contribution is -2.28. The molecule has 2 aromatic carbocycles. The summed E-state index contributed by atoms with van der Waals surface area (Å²) in [5.41, 5.74) is 2.48. The number of anilines is 2. The van der Waals surface area contributed by atoms with Crippen molar-refractivity contribution >= 4 is 29.0 Å². The zero-order valence-corrected chi connectivity index (χ0v) is 15.6. The van der Waals surface area contributed by atoms with E-state index in [4.69, 9.17) is 9.47 Å². The minimum atomic E-state index is -0.483. The SMILES string of the molecule is CC(C(=O)C(C)c1cccc2c1NC(=O)CO2)c1cccc2c1NC(=O)CO2. The number of hydrogen-bond acceptors (Lipinski definition) is 5. The Bertz CT molecular complexity index is 907. The van der Waals surface area contributed by atoms with Crippen molar-refractivity contribution < 1.29 is 23.9 Å². The van der Waals surface area contributed by atoms with E-state index in [1.54, 1.807) is 38.1 Å². The van der Waals surface area contributed by atoms with E-state index < -0.39 is 11.8 Å². The summed E-state index contributed by atoms with van der Waals surface area (Å²) < 4.78 is 10.9. The first-order valence-electron chi connectivity index (χ1n) is 9.10. The van der Waals surface area contributed by atoms with Gasteiger partial charge in [-0.25, -0.2) is 0 Å². The van der Waals surface area contributed by atoms with E-state index in [2.05, 4.69) is 10.6 Å². The van der Waals surface area contributed by atoms with Crippen LogP contribution in [0.15, 0.2) is 36.4 Å². The Kier molecular flexibility index (Phi) is 4.50. The molecule has 2 amide bonds. The molecule has 0 radical (unpaired) electrons. The molecule has 2 aromatic rings. The van der Waals surface area contributed by atoms with E-state index in [1.165, 1.54) is 0 Å². The zero-order chi connectivity index (χ0) is 19.8. The van der Waals surface area contributed by atoms with Crippen LogP contribution in [0.4, 0.5) is 11.4 Å². The van der Waals surface area contributed by atoms with Crippen molar-refractivity contribution in [1.29, 1.82) is 0 Å². The molecule has 7 nitrogen and oxygen atoms in total. The third-order valence-electron chi connectivity index (χ3n) is 5.15. The van der Waals surface area contributed by atoms with Crippen molar-refractivity contribution in [3.05, 3.63) is 47.5 Å². The second kappa shape index (κ2) is 6.99. The molecule has 2 N–H and O–H groups in total. The van der Waals surface area contributed by atoms with Crippen molar-refractivity contribution in [2.75, 3.05) is 23.8 Å². The van der Waals surface area contributed by atoms with E-state index in [-0.39, 0.29) is 30.8 Å². The van der Waals surface area contributed by atoms with Crippen LogP contribution in [-0.2, 0) is 14.4 Å². The van der Waals surface area contributed by atoms with Gasteiger partial charge in [0.05, 0.1) is 11.4 Å². The van der Waals surface area contributed by atoms with Gasteiger partial charge in [-0.3, -0.25) is 14.4 Å². The normalized spacial score (nSPS) is 17.1. The van der Waals surface area contributed by atoms with Crippen LogP contribution in [0.3, 0.4) is 0 Å². The minimum absolute atomic E-state index is 0.0367. The molecule has 2 heterocycles. The number of carbonyl (C=O) groups is 3. The van der Waals surface area contributed by atoms with Crippen LogP contribution in [0.25, 0.3) is 0 Å². The molecule has 0 saturated heterocycles. The first-order valence-corrected chi connectivity index (χ1v) is 9.10. The van der Waals surface area contributed by atoms with Crippen molar-refractivity contribution in [3.63, 3.8) is 0 Å². The quantitative estimate of drug-likeness (QED) is 0.851. The number of carbonyl (C=O) groups excluding carboxylic acids is 3. The largest absolute Gasteiger partial charge is 0.482 e. The Morgan fingerprint density at radius 2 is 1.25 bits per heavy atom. The molecule has 7 heteroatoms. The van der Waals surface area contributed by atoms with Crippen molar-refractivity contribution in [1.82, 2.24) is 0 Å². The highest BCUT2D eigenvalue weighted by Crippen LogP contribution is 2.40. The number of para-hydroxylation sites is 2. The topological polar surface area (TPSA) is 93.7 Å². The molecule has 2 unspecified atom stereocenters. The van der Waals surface area contributed by atoms with Crippen LogP contribution in [0, 0.1) is 0 Å². The zero-order valence-electron chi connectivity index (χ0n) is 15.6. The Balaban J connectivity index is 1.66. The van der Waals surface area contributed by atoms with Crippen LogP contribution < -0.4 is 20.1 Å². The molecule has 4 rings (SSSR count). The van der Waals surface area contributed by atoms with E-state index in [9.17, 15) is 14.4 Å². The fraction of sp³-hybridized carbons (Fsp3) is 0.286. The van der Waals surface area contributed by atoms with Gasteiger partial charge < -0.3 is 20.1 Å². The van der Waals surface area contributed by atoms with Crippen LogP contribution in [-0.4, -0.2) is 30.8 Å². The number of nitrogens with one attached hydrogen (secondary N) is 2. The molecule has 0 aromatic heterocycles. The summed E-state index contributed by atoms with van der Waals surface area (Å²) in [5.74, 6) is -0.383. The fourth-order valence-electron chi connectivity index (χ4n) is 3.65. The standard InChI is InChI=1S/C21H20N2O5/c1-11(13-5-3-7-15-19(13)22-17(24)9-27-15)21(26)12(2)14-6-4-8-16-20(14)23-18(25)10-28-16/h3-8,11-12H,9-10H2,1-2H3,(H,22,24)(H,23,25). The number of hydrogen-bond donors (Lipinski definition) is 2. The molecule has 0 aliphatic carbocycles. The summed E-state index contributed by atoms with van der Waals surface area (Å²) >= 11 is 0. The molecule has 28 heavy (non-hydrogen) atoms. The number of benzene rings is 2. The van der Waals surface area contributed by atoms with Crippen molar-refractivity contribution in [2.45, 2.75) is 25.7 Å². The second-order valence-electron chi connectivity index (χ2n) is 6.96. The number of ether oxygens (including phenoxy) is 2. The number of amides is 2. The third-order valence-corrected chi connectivity index (χ3v) is 5.15. The molecule has 0 bridgehead atoms. The lowest BCUT2D eigenvalue weighted by molar-refractivity contribution is -0.121. The first kappa shape index (κ1) is 18.0. The van der Waals surface area contributed by atoms with Gasteiger partial charge in [0, 0.05) is 11.8 Å². The average molecular weight is 380 g/mol. The van der Waals surface area contributed by atoms with Gasteiger partial charge in [-0.15, -0.1) is 0 Å². The van der Waals surface area contributed by atoms with Gasteiger partial charge in [-0.2, -0.15) is 0 Å². The van der Waals surface area contributed by atoms with Crippen LogP contribution >= 0.6 is 0 Å². The first-order chi connectivity index (χ1) is 13.5. The molecule has 2 atom stereocenters. The van der Waals surface area contributed by atoms with Gasteiger partial charge >= 0.3 is 0 Å². The molecular weight excluding hydrogens is 360 g/mol. The Morgan fingerprint density at radius 3 is 1.68 bits per heavy atom. The molecule has 144 valence electrons. The molecular formula is C21H20N2O5. The summed E-state index contributed by atoms with van der Waals surface area (Å²) in [5, 5.41) is 5.61. The van der Waals surface area contributed by atoms with E-state index in [0.29, 0.717) is 34.0 Å². The smallest absolute Gasteiger partial charge is 0.262 e. The van der Waals surface area contributed by atoms with Gasteiger partial charge in [-0.1, -0.05) is 38.1 Å². The van der Waals surface area contributed by atoms with E-state index in [0.717, 1.165) is 0 Å². The highest BCUT2D eigenvalue weighted by molar-refractivity contribution is 6.01. The van der Waals surface area contributed by atoms with E-state index in [1.807, 2.05) is 12.1 Å². The summed E-state index contributed by atoms with van der Waals surface area (Å²) in [6, 6.07) is 10.8. The number of Topliss-reactive ketones (excluding diaryl/α,β-unsaturated/α-hetero) is 1. The summed E-state index contributed by atoms with van der Waals surface area (Å²) in [6.45, 7) is 3.54. The van der Waals surface area contributed by atoms with Crippen molar-refractivity contribution in [2.24, 2.45) is 0 Å². The predicted molar refractivity (Wildman–Crippen MR) is 103 cm³/mol. The van der Waals surface area contributed by atoms with Crippen molar-refractivity contribution in [3.8, 4) is 11.5 Å². The fourth-order valence-corrected chi connectivity index (χ4v) is 3.65. The average Bonchev–Trinajstić information content (AvgIpc) is 2.71. The Hall–Kier alpha value is -3.35. The number of fused-ring (bicyclic) bond motifs is 2. The maximum atomic E-state index is 13.3.